The van der Waals surface area contributed by atoms with E-state index in [1.807, 2.05) is 11.3 Å². The van der Waals surface area contributed by atoms with E-state index in [1.165, 1.54) is 80.5 Å². The van der Waals surface area contributed by atoms with Crippen molar-refractivity contribution in [1.82, 2.24) is 4.57 Å². The van der Waals surface area contributed by atoms with Gasteiger partial charge in [0, 0.05) is 42.5 Å². The monoisotopic (exact) mass is 597 g/mol. The summed E-state index contributed by atoms with van der Waals surface area (Å²) in [7, 11) is 0. The summed E-state index contributed by atoms with van der Waals surface area (Å²) in [6.07, 6.45) is 19.9. The van der Waals surface area contributed by atoms with Crippen LogP contribution >= 0.6 is 11.3 Å². The maximum atomic E-state index is 2.87. The SMILES string of the molecule is c1ccc2c(c1)sc1c2ccc2c1c1ccccc1n2C1CCC2C(C1)C1CCCC3C4CCCCC4C4CCCC2C4C31. The van der Waals surface area contributed by atoms with Crippen LogP contribution < -0.4 is 0 Å². The van der Waals surface area contributed by atoms with E-state index in [-0.39, 0.29) is 0 Å². The molecule has 5 aromatic rings. The molecule has 6 saturated carbocycles. The fourth-order valence-corrected chi connectivity index (χ4v) is 15.4. The average molecular weight is 598 g/mol. The number of rotatable bonds is 1. The van der Waals surface area contributed by atoms with Crippen LogP contribution in [-0.4, -0.2) is 4.57 Å². The molecular formula is C42H47NS. The second-order valence-electron chi connectivity index (χ2n) is 16.4. The van der Waals surface area contributed by atoms with Crippen LogP contribution in [0.15, 0.2) is 60.7 Å². The van der Waals surface area contributed by atoms with Crippen LogP contribution in [0.3, 0.4) is 0 Å². The molecule has 0 radical (unpaired) electrons. The second-order valence-corrected chi connectivity index (χ2v) is 17.5. The summed E-state index contributed by atoms with van der Waals surface area (Å²) in [6.45, 7) is 0. The van der Waals surface area contributed by atoms with Gasteiger partial charge in [-0.3, -0.25) is 0 Å². The number of benzene rings is 3. The van der Waals surface area contributed by atoms with Gasteiger partial charge in [0.25, 0.3) is 0 Å². The van der Waals surface area contributed by atoms with E-state index in [9.17, 15) is 0 Å². The maximum Gasteiger partial charge on any atom is 0.0508 e. The van der Waals surface area contributed by atoms with Crippen molar-refractivity contribution in [3.8, 4) is 0 Å². The van der Waals surface area contributed by atoms with E-state index in [2.05, 4.69) is 65.2 Å². The van der Waals surface area contributed by atoms with E-state index >= 15 is 0 Å². The lowest BCUT2D eigenvalue weighted by molar-refractivity contribution is -0.189. The Labute approximate surface area is 266 Å². The smallest absolute Gasteiger partial charge is 0.0508 e. The van der Waals surface area contributed by atoms with Crippen LogP contribution in [0.2, 0.25) is 0 Å². The van der Waals surface area contributed by atoms with E-state index in [0.717, 1.165) is 59.2 Å². The summed E-state index contributed by atoms with van der Waals surface area (Å²) < 4.78 is 5.80. The average Bonchev–Trinajstić information content (AvgIpc) is 3.63. The van der Waals surface area contributed by atoms with Crippen LogP contribution in [0.1, 0.15) is 89.5 Å². The van der Waals surface area contributed by atoms with Crippen molar-refractivity contribution in [2.24, 2.45) is 59.2 Å². The first-order chi connectivity index (χ1) is 21.8. The molecule has 6 aliphatic rings. The number of hydrogen-bond donors (Lipinski definition) is 0. The van der Waals surface area contributed by atoms with Gasteiger partial charge >= 0.3 is 0 Å². The lowest BCUT2D eigenvalue weighted by Gasteiger charge is -2.67. The molecule has 2 heteroatoms. The molecule has 11 atom stereocenters. The number of thiophene rings is 1. The largest absolute Gasteiger partial charge is 0.337 e. The first-order valence-electron chi connectivity index (χ1n) is 18.7. The quantitative estimate of drug-likeness (QED) is 0.181. The molecule has 1 nitrogen and oxygen atoms in total. The third kappa shape index (κ3) is 3.37. The minimum atomic E-state index is 0.646. The minimum absolute atomic E-state index is 0.646. The molecular weight excluding hydrogens is 551 g/mol. The van der Waals surface area contributed by atoms with Crippen LogP contribution in [-0.2, 0) is 0 Å². The molecule has 0 N–H and O–H groups in total. The van der Waals surface area contributed by atoms with Gasteiger partial charge in [-0.15, -0.1) is 11.3 Å². The van der Waals surface area contributed by atoms with Crippen molar-refractivity contribution < 1.29 is 0 Å². The molecule has 44 heavy (non-hydrogen) atoms. The van der Waals surface area contributed by atoms with Gasteiger partial charge < -0.3 is 4.57 Å². The van der Waals surface area contributed by atoms with Crippen LogP contribution in [0.25, 0.3) is 42.0 Å². The summed E-state index contributed by atoms with van der Waals surface area (Å²) in [5.41, 5.74) is 3.00. The van der Waals surface area contributed by atoms with Crippen molar-refractivity contribution in [3.63, 3.8) is 0 Å². The van der Waals surface area contributed by atoms with Crippen LogP contribution in [0.4, 0.5) is 0 Å². The molecule has 226 valence electrons. The topological polar surface area (TPSA) is 4.93 Å². The van der Waals surface area contributed by atoms with Crippen molar-refractivity contribution >= 4 is 53.3 Å². The van der Waals surface area contributed by atoms with Gasteiger partial charge in [0.2, 0.25) is 0 Å². The number of nitrogens with zero attached hydrogens (tertiary/aromatic N) is 1. The number of para-hydroxylation sites is 1. The predicted molar refractivity (Wildman–Crippen MR) is 186 cm³/mol. The fraction of sp³-hybridized carbons (Fsp3) is 0.571. The molecule has 0 aliphatic heterocycles. The number of aromatic nitrogens is 1. The summed E-state index contributed by atoms with van der Waals surface area (Å²) >= 11 is 2.01. The van der Waals surface area contributed by atoms with Crippen molar-refractivity contribution in [1.29, 1.82) is 0 Å². The zero-order valence-corrected chi connectivity index (χ0v) is 27.0. The van der Waals surface area contributed by atoms with E-state index in [4.69, 9.17) is 0 Å². The number of hydrogen-bond acceptors (Lipinski definition) is 1. The number of fused-ring (bicyclic) bond motifs is 13. The molecule has 0 spiro atoms. The molecule has 11 unspecified atom stereocenters. The van der Waals surface area contributed by atoms with Crippen molar-refractivity contribution in [2.45, 2.75) is 89.5 Å². The standard InChI is InChI=1S/C42H47NS/c1-2-10-26-25(9-1)29-13-7-15-31-27-20-19-24(23-35(27)32-16-8-14-30(26)40(32)39(29)31)43-36-17-5-3-12-34(36)41-37(43)22-21-33-28-11-4-6-18-38(28)44-42(33)41/h3-6,11-12,17-18,21-22,24-27,29-32,35,39-40H,1-2,7-10,13-16,19-20,23H2. The lowest BCUT2D eigenvalue weighted by atomic mass is 9.38. The van der Waals surface area contributed by atoms with Gasteiger partial charge in [0.05, 0.1) is 5.52 Å². The van der Waals surface area contributed by atoms with Gasteiger partial charge in [-0.05, 0) is 135 Å². The van der Waals surface area contributed by atoms with E-state index in [0.29, 0.717) is 6.04 Å². The molecule has 6 aliphatic carbocycles. The maximum absolute atomic E-state index is 2.87. The van der Waals surface area contributed by atoms with Crippen molar-refractivity contribution in [3.05, 3.63) is 60.7 Å². The molecule has 11 rings (SSSR count). The Hall–Kier alpha value is -2.32. The Morgan fingerprint density at radius 1 is 0.477 bits per heavy atom. The van der Waals surface area contributed by atoms with E-state index < -0.39 is 0 Å². The summed E-state index contributed by atoms with van der Waals surface area (Å²) in [5, 5.41) is 5.87. The highest BCUT2D eigenvalue weighted by Crippen LogP contribution is 2.69. The van der Waals surface area contributed by atoms with Gasteiger partial charge in [0.1, 0.15) is 0 Å². The lowest BCUT2D eigenvalue weighted by Crippen LogP contribution is -2.61. The Balaban J connectivity index is 1.03. The Kier molecular flexibility index (Phi) is 5.63. The molecule has 2 heterocycles. The first-order valence-corrected chi connectivity index (χ1v) is 19.5. The summed E-state index contributed by atoms with van der Waals surface area (Å²) in [6, 6.07) is 24.1. The molecule has 6 fully saturated rings. The second kappa shape index (κ2) is 9.60. The zero-order valence-electron chi connectivity index (χ0n) is 26.2. The summed E-state index contributed by atoms with van der Waals surface area (Å²) in [5.74, 6) is 10.6. The van der Waals surface area contributed by atoms with Crippen LogP contribution in [0.5, 0.6) is 0 Å². The van der Waals surface area contributed by atoms with Crippen molar-refractivity contribution in [2.75, 3.05) is 0 Å². The first kappa shape index (κ1) is 25.8. The minimum Gasteiger partial charge on any atom is -0.337 e. The van der Waals surface area contributed by atoms with Gasteiger partial charge in [-0.1, -0.05) is 68.1 Å². The Morgan fingerprint density at radius 2 is 1.09 bits per heavy atom. The molecule has 3 aromatic carbocycles. The van der Waals surface area contributed by atoms with Gasteiger partial charge in [0.15, 0.2) is 0 Å². The zero-order chi connectivity index (χ0) is 28.5. The third-order valence-corrected chi connectivity index (χ3v) is 16.4. The van der Waals surface area contributed by atoms with Gasteiger partial charge in [-0.2, -0.15) is 0 Å². The Morgan fingerprint density at radius 3 is 1.84 bits per heavy atom. The summed E-state index contributed by atoms with van der Waals surface area (Å²) in [4.78, 5) is 0. The fourth-order valence-electron chi connectivity index (χ4n) is 14.1. The highest BCUT2D eigenvalue weighted by molar-refractivity contribution is 7.26. The Bertz CT molecular complexity index is 1910. The van der Waals surface area contributed by atoms with Gasteiger partial charge in [-0.25, -0.2) is 0 Å². The molecule has 0 amide bonds. The molecule has 0 saturated heterocycles. The molecule has 2 aromatic heterocycles. The normalized spacial score (nSPS) is 39.8. The predicted octanol–water partition coefficient (Wildman–Crippen LogP) is 12.0. The highest BCUT2D eigenvalue weighted by Gasteiger charge is 2.62. The van der Waals surface area contributed by atoms with E-state index in [1.54, 1.807) is 44.9 Å². The third-order valence-electron chi connectivity index (χ3n) is 15.2. The highest BCUT2D eigenvalue weighted by atomic mass is 32.1. The van der Waals surface area contributed by atoms with Crippen LogP contribution in [0, 0.1) is 59.2 Å². The molecule has 0 bridgehead atoms.